The van der Waals surface area contributed by atoms with Crippen LogP contribution in [0.4, 0.5) is 0 Å². The van der Waals surface area contributed by atoms with Crippen molar-refractivity contribution in [2.24, 2.45) is 10.8 Å². The second kappa shape index (κ2) is 7.58. The van der Waals surface area contributed by atoms with E-state index < -0.39 is 5.97 Å². The van der Waals surface area contributed by atoms with Crippen LogP contribution in [0.15, 0.2) is 59.5 Å². The van der Waals surface area contributed by atoms with E-state index in [0.717, 1.165) is 47.0 Å². The molecule has 0 saturated carbocycles. The maximum atomic E-state index is 13.4. The van der Waals surface area contributed by atoms with Gasteiger partial charge in [0.15, 0.2) is 11.6 Å². The first-order valence-corrected chi connectivity index (χ1v) is 11.1. The third-order valence-corrected chi connectivity index (χ3v) is 6.78. The molecule has 3 aliphatic rings. The summed E-state index contributed by atoms with van der Waals surface area (Å²) in [4.78, 5) is 40.5. The van der Waals surface area contributed by atoms with E-state index in [4.69, 9.17) is 4.74 Å². The van der Waals surface area contributed by atoms with Crippen molar-refractivity contribution in [2.75, 3.05) is 7.05 Å². The van der Waals surface area contributed by atoms with Crippen LogP contribution in [0.1, 0.15) is 64.9 Å². The van der Waals surface area contributed by atoms with Gasteiger partial charge < -0.3 is 9.64 Å². The normalized spacial score (nSPS) is 22.5. The van der Waals surface area contributed by atoms with Gasteiger partial charge in [0, 0.05) is 54.4 Å². The minimum Gasteiger partial charge on any atom is -0.423 e. The van der Waals surface area contributed by atoms with Crippen molar-refractivity contribution in [3.63, 3.8) is 0 Å². The molecule has 5 heteroatoms. The fourth-order valence-electron chi connectivity index (χ4n) is 5.38. The number of ether oxygens (including phenoxy) is 1. The highest BCUT2D eigenvalue weighted by Crippen LogP contribution is 2.53. The van der Waals surface area contributed by atoms with E-state index in [1.165, 1.54) is 0 Å². The maximum Gasteiger partial charge on any atom is 0.335 e. The summed E-state index contributed by atoms with van der Waals surface area (Å²) >= 11 is 0. The highest BCUT2D eigenvalue weighted by molar-refractivity contribution is 6.06. The molecule has 0 spiro atoms. The second-order valence-corrected chi connectivity index (χ2v) is 10.8. The van der Waals surface area contributed by atoms with Crippen LogP contribution in [-0.2, 0) is 14.4 Å². The predicted octanol–water partition coefficient (Wildman–Crippen LogP) is 5.09. The Bertz CT molecular complexity index is 1030. The van der Waals surface area contributed by atoms with Crippen LogP contribution < -0.4 is 4.74 Å². The summed E-state index contributed by atoms with van der Waals surface area (Å²) in [6.07, 6.45) is 3.63. The Balaban J connectivity index is 1.86. The van der Waals surface area contributed by atoms with E-state index >= 15 is 0 Å². The Kier molecular flexibility index (Phi) is 5.27. The SMILES string of the molecule is C=CC(=O)Oc1ccc(C2C3=C(CC(C)(C)CC3=O)N(C)C3=C2C(=O)CC(C)(C)C3)cc1. The molecule has 0 unspecified atom stereocenters. The number of allylic oxidation sites excluding steroid dienone is 4. The predicted molar refractivity (Wildman–Crippen MR) is 123 cm³/mol. The molecule has 2 aliphatic carbocycles. The lowest BCUT2D eigenvalue weighted by Gasteiger charge is -2.47. The Morgan fingerprint density at radius 2 is 1.41 bits per heavy atom. The molecule has 1 aliphatic heterocycles. The summed E-state index contributed by atoms with van der Waals surface area (Å²) in [5.41, 5.74) is 4.18. The molecule has 0 saturated heterocycles. The molecule has 0 fully saturated rings. The Labute approximate surface area is 189 Å². The lowest BCUT2D eigenvalue weighted by molar-refractivity contribution is -0.129. The lowest BCUT2D eigenvalue weighted by Crippen LogP contribution is -2.43. The molecule has 168 valence electrons. The molecular weight excluding hydrogens is 402 g/mol. The first kappa shape index (κ1) is 22.3. The largest absolute Gasteiger partial charge is 0.423 e. The van der Waals surface area contributed by atoms with Gasteiger partial charge in [-0.1, -0.05) is 46.4 Å². The Morgan fingerprint density at radius 3 is 1.84 bits per heavy atom. The molecule has 0 atom stereocenters. The van der Waals surface area contributed by atoms with Crippen molar-refractivity contribution in [3.8, 4) is 5.75 Å². The standard InChI is InChI=1S/C27H31NO4/c1-7-22(31)32-17-10-8-16(9-11-17)23-24-18(12-26(2,3)14-20(24)29)28(6)19-13-27(4,5)15-21(30)25(19)23/h7-11,23H,1,12-15H2,2-6H3. The number of hydrogen-bond acceptors (Lipinski definition) is 5. The molecule has 0 bridgehead atoms. The van der Waals surface area contributed by atoms with Crippen molar-refractivity contribution in [1.82, 2.24) is 4.90 Å². The monoisotopic (exact) mass is 433 g/mol. The van der Waals surface area contributed by atoms with Crippen molar-refractivity contribution in [2.45, 2.75) is 59.3 Å². The summed E-state index contributed by atoms with van der Waals surface area (Å²) in [7, 11) is 2.00. The van der Waals surface area contributed by atoms with E-state index in [0.29, 0.717) is 18.6 Å². The summed E-state index contributed by atoms with van der Waals surface area (Å²) in [5, 5.41) is 0. The van der Waals surface area contributed by atoms with Crippen LogP contribution in [0, 0.1) is 10.8 Å². The first-order chi connectivity index (χ1) is 14.9. The van der Waals surface area contributed by atoms with Gasteiger partial charge in [0.2, 0.25) is 0 Å². The number of hydrogen-bond donors (Lipinski definition) is 0. The molecule has 0 N–H and O–H groups in total. The van der Waals surface area contributed by atoms with Crippen molar-refractivity contribution >= 4 is 17.5 Å². The van der Waals surface area contributed by atoms with Gasteiger partial charge >= 0.3 is 5.97 Å². The molecule has 0 amide bonds. The van der Waals surface area contributed by atoms with E-state index in [9.17, 15) is 14.4 Å². The zero-order valence-corrected chi connectivity index (χ0v) is 19.6. The molecular formula is C27H31NO4. The Hall–Kier alpha value is -2.95. The van der Waals surface area contributed by atoms with Crippen LogP contribution in [0.3, 0.4) is 0 Å². The van der Waals surface area contributed by atoms with Gasteiger partial charge in [0.25, 0.3) is 0 Å². The number of ketones is 2. The molecule has 4 rings (SSSR count). The number of carbonyl (C=O) groups is 3. The summed E-state index contributed by atoms with van der Waals surface area (Å²) in [6, 6.07) is 7.14. The highest BCUT2D eigenvalue weighted by Gasteiger charge is 2.48. The van der Waals surface area contributed by atoms with Gasteiger partial charge in [-0.3, -0.25) is 9.59 Å². The van der Waals surface area contributed by atoms with E-state index in [-0.39, 0.29) is 28.3 Å². The number of benzene rings is 1. The number of esters is 1. The number of rotatable bonds is 3. The highest BCUT2D eigenvalue weighted by atomic mass is 16.5. The van der Waals surface area contributed by atoms with Gasteiger partial charge in [-0.15, -0.1) is 0 Å². The van der Waals surface area contributed by atoms with Crippen molar-refractivity contribution in [1.29, 1.82) is 0 Å². The van der Waals surface area contributed by atoms with Crippen LogP contribution >= 0.6 is 0 Å². The van der Waals surface area contributed by atoms with Crippen molar-refractivity contribution in [3.05, 3.63) is 65.0 Å². The number of nitrogens with zero attached hydrogens (tertiary/aromatic N) is 1. The fourth-order valence-corrected chi connectivity index (χ4v) is 5.38. The lowest BCUT2D eigenvalue weighted by atomic mass is 9.64. The molecule has 5 nitrogen and oxygen atoms in total. The maximum absolute atomic E-state index is 13.4. The molecule has 1 aromatic rings. The second-order valence-electron chi connectivity index (χ2n) is 10.8. The van der Waals surface area contributed by atoms with Gasteiger partial charge in [0.1, 0.15) is 5.75 Å². The minimum atomic E-state index is -0.526. The minimum absolute atomic E-state index is 0.111. The molecule has 1 heterocycles. The van der Waals surface area contributed by atoms with Crippen LogP contribution in [-0.4, -0.2) is 29.5 Å². The topological polar surface area (TPSA) is 63.7 Å². The van der Waals surface area contributed by atoms with E-state index in [1.807, 2.05) is 19.2 Å². The quantitative estimate of drug-likeness (QED) is 0.377. The molecule has 0 radical (unpaired) electrons. The Morgan fingerprint density at radius 1 is 0.938 bits per heavy atom. The van der Waals surface area contributed by atoms with Gasteiger partial charge in [-0.25, -0.2) is 4.79 Å². The van der Waals surface area contributed by atoms with Gasteiger partial charge in [-0.2, -0.15) is 0 Å². The van der Waals surface area contributed by atoms with Crippen LogP contribution in [0.25, 0.3) is 0 Å². The molecule has 0 aromatic heterocycles. The fraction of sp³-hybridized carbons (Fsp3) is 0.444. The van der Waals surface area contributed by atoms with Crippen LogP contribution in [0.2, 0.25) is 0 Å². The zero-order valence-electron chi connectivity index (χ0n) is 19.6. The smallest absolute Gasteiger partial charge is 0.335 e. The van der Waals surface area contributed by atoms with Crippen molar-refractivity contribution < 1.29 is 19.1 Å². The van der Waals surface area contributed by atoms with Crippen LogP contribution in [0.5, 0.6) is 5.75 Å². The third-order valence-electron chi connectivity index (χ3n) is 6.78. The molecule has 1 aromatic carbocycles. The summed E-state index contributed by atoms with van der Waals surface area (Å²) in [6.45, 7) is 11.9. The van der Waals surface area contributed by atoms with Gasteiger partial charge in [0.05, 0.1) is 0 Å². The zero-order chi connectivity index (χ0) is 23.4. The molecule has 32 heavy (non-hydrogen) atoms. The average molecular weight is 434 g/mol. The number of carbonyl (C=O) groups excluding carboxylic acids is 3. The summed E-state index contributed by atoms with van der Waals surface area (Å²) in [5.74, 6) is -0.282. The first-order valence-electron chi connectivity index (χ1n) is 11.1. The van der Waals surface area contributed by atoms with E-state index in [1.54, 1.807) is 12.1 Å². The third kappa shape index (κ3) is 3.85. The number of Topliss-reactive ketones (excluding diaryl/α,β-unsaturated/α-hetero) is 2. The summed E-state index contributed by atoms with van der Waals surface area (Å²) < 4.78 is 5.21. The van der Waals surface area contributed by atoms with Gasteiger partial charge in [-0.05, 0) is 41.4 Å². The average Bonchev–Trinajstić information content (AvgIpc) is 2.68. The van der Waals surface area contributed by atoms with E-state index in [2.05, 4.69) is 39.2 Å².